The predicted octanol–water partition coefficient (Wildman–Crippen LogP) is 2.13. The first-order valence-corrected chi connectivity index (χ1v) is 14.4. The van der Waals surface area contributed by atoms with Crippen LogP contribution in [0, 0.1) is 6.92 Å². The zero-order valence-electron chi connectivity index (χ0n) is 17.9. The number of hydrogen-bond acceptors (Lipinski definition) is 6. The average Bonchev–Trinajstić information content (AvgIpc) is 3.35. The Bertz CT molecular complexity index is 1150. The third-order valence-electron chi connectivity index (χ3n) is 6.01. The topological polar surface area (TPSA) is 95.1 Å². The van der Waals surface area contributed by atoms with Crippen LogP contribution in [0.3, 0.4) is 0 Å². The number of thiophene rings is 1. The molecular formula is C21H27N3O5S3. The number of piperidine rings is 1. The molecule has 2 aromatic rings. The molecule has 0 radical (unpaired) electrons. The third-order valence-corrected chi connectivity index (χ3v) is 11.2. The lowest BCUT2D eigenvalue weighted by molar-refractivity contribution is -0.137. The summed E-state index contributed by atoms with van der Waals surface area (Å²) in [5, 5.41) is 1.72. The zero-order chi connectivity index (χ0) is 22.9. The van der Waals surface area contributed by atoms with Crippen molar-refractivity contribution in [3.8, 4) is 0 Å². The van der Waals surface area contributed by atoms with Crippen molar-refractivity contribution in [2.75, 3.05) is 32.7 Å². The molecule has 0 spiro atoms. The summed E-state index contributed by atoms with van der Waals surface area (Å²) >= 11 is 1.17. The molecular weight excluding hydrogens is 470 g/mol. The molecule has 11 heteroatoms. The summed E-state index contributed by atoms with van der Waals surface area (Å²) < 4.78 is 55.0. The molecule has 0 bridgehead atoms. The highest BCUT2D eigenvalue weighted by Gasteiger charge is 2.41. The Kier molecular flexibility index (Phi) is 6.73. The van der Waals surface area contributed by atoms with E-state index in [9.17, 15) is 21.6 Å². The van der Waals surface area contributed by atoms with Crippen LogP contribution in [-0.4, -0.2) is 75.0 Å². The van der Waals surface area contributed by atoms with Crippen molar-refractivity contribution >= 4 is 37.3 Å². The number of nitrogens with zero attached hydrogens (tertiary/aromatic N) is 3. The fourth-order valence-corrected chi connectivity index (χ4v) is 8.40. The number of sulfonamides is 2. The fourth-order valence-electron chi connectivity index (χ4n) is 4.18. The summed E-state index contributed by atoms with van der Waals surface area (Å²) in [6.07, 6.45) is 1.96. The summed E-state index contributed by atoms with van der Waals surface area (Å²) in [7, 11) is -7.35. The second-order valence-electron chi connectivity index (χ2n) is 8.10. The SMILES string of the molecule is Cc1ccc(S(=O)(=O)N2CCCC[C@@H]2C(=O)N2CCN(S(=O)(=O)c3cccs3)CC2)cc1. The highest BCUT2D eigenvalue weighted by Crippen LogP contribution is 2.28. The van der Waals surface area contributed by atoms with Crippen LogP contribution in [0.1, 0.15) is 24.8 Å². The van der Waals surface area contributed by atoms with E-state index in [0.29, 0.717) is 23.6 Å². The maximum Gasteiger partial charge on any atom is 0.252 e. The number of hydrogen-bond donors (Lipinski definition) is 0. The van der Waals surface area contributed by atoms with E-state index in [1.54, 1.807) is 46.7 Å². The summed E-state index contributed by atoms with van der Waals surface area (Å²) in [5.41, 5.74) is 0.964. The van der Waals surface area contributed by atoms with E-state index in [0.717, 1.165) is 12.0 Å². The molecule has 0 saturated carbocycles. The number of amides is 1. The number of rotatable bonds is 5. The molecule has 8 nitrogen and oxygen atoms in total. The monoisotopic (exact) mass is 497 g/mol. The van der Waals surface area contributed by atoms with Gasteiger partial charge in [0.2, 0.25) is 15.9 Å². The lowest BCUT2D eigenvalue weighted by atomic mass is 10.0. The van der Waals surface area contributed by atoms with Gasteiger partial charge in [0.15, 0.2) is 0 Å². The van der Waals surface area contributed by atoms with Crippen molar-refractivity contribution in [3.63, 3.8) is 0 Å². The minimum atomic E-state index is -3.79. The molecule has 2 aliphatic heterocycles. The molecule has 0 aliphatic carbocycles. The molecule has 2 fully saturated rings. The van der Waals surface area contributed by atoms with Gasteiger partial charge in [0.25, 0.3) is 10.0 Å². The maximum atomic E-state index is 13.3. The Balaban J connectivity index is 1.48. The summed E-state index contributed by atoms with van der Waals surface area (Å²) in [6, 6.07) is 9.18. The number of aryl methyl sites for hydroxylation is 1. The Hall–Kier alpha value is -1.79. The van der Waals surface area contributed by atoms with Gasteiger partial charge in [0.05, 0.1) is 4.90 Å². The minimum Gasteiger partial charge on any atom is -0.339 e. The Labute approximate surface area is 193 Å². The summed E-state index contributed by atoms with van der Waals surface area (Å²) in [5.74, 6) is -0.242. The molecule has 0 unspecified atom stereocenters. The van der Waals surface area contributed by atoms with Crippen molar-refractivity contribution in [1.29, 1.82) is 0 Å². The Morgan fingerprint density at radius 2 is 1.59 bits per heavy atom. The summed E-state index contributed by atoms with van der Waals surface area (Å²) in [4.78, 5) is 15.1. The highest BCUT2D eigenvalue weighted by atomic mass is 32.2. The van der Waals surface area contributed by atoms with E-state index in [2.05, 4.69) is 0 Å². The molecule has 1 atom stereocenters. The van der Waals surface area contributed by atoms with Crippen molar-refractivity contribution in [3.05, 3.63) is 47.3 Å². The first-order chi connectivity index (χ1) is 15.2. The number of carbonyl (C=O) groups excluding carboxylic acids is 1. The van der Waals surface area contributed by atoms with E-state index in [4.69, 9.17) is 0 Å². The molecule has 174 valence electrons. The maximum absolute atomic E-state index is 13.3. The lowest BCUT2D eigenvalue weighted by Gasteiger charge is -2.39. The standard InChI is InChI=1S/C21H27N3O5S3/c1-17-7-9-18(10-8-17)31(26,27)24-11-3-2-5-19(24)21(25)22-12-14-23(15-13-22)32(28,29)20-6-4-16-30-20/h4,6-10,16,19H,2-3,5,11-15H2,1H3/t19-/m1/s1. The predicted molar refractivity (Wildman–Crippen MR) is 122 cm³/mol. The van der Waals surface area contributed by atoms with Crippen molar-refractivity contribution < 1.29 is 21.6 Å². The van der Waals surface area contributed by atoms with E-state index < -0.39 is 26.1 Å². The molecule has 32 heavy (non-hydrogen) atoms. The van der Waals surface area contributed by atoms with Crippen LogP contribution in [0.15, 0.2) is 50.9 Å². The van der Waals surface area contributed by atoms with Crippen LogP contribution in [0.25, 0.3) is 0 Å². The van der Waals surface area contributed by atoms with Gasteiger partial charge in [-0.25, -0.2) is 16.8 Å². The van der Waals surface area contributed by atoms with E-state index in [1.807, 2.05) is 6.92 Å². The minimum absolute atomic E-state index is 0.190. The van der Waals surface area contributed by atoms with Gasteiger partial charge in [-0.1, -0.05) is 30.2 Å². The highest BCUT2D eigenvalue weighted by molar-refractivity contribution is 7.91. The van der Waals surface area contributed by atoms with Gasteiger partial charge in [-0.15, -0.1) is 11.3 Å². The smallest absolute Gasteiger partial charge is 0.252 e. The first kappa shape index (κ1) is 23.4. The van der Waals surface area contributed by atoms with Gasteiger partial charge in [-0.2, -0.15) is 8.61 Å². The van der Waals surface area contributed by atoms with Gasteiger partial charge in [0.1, 0.15) is 10.3 Å². The first-order valence-electron chi connectivity index (χ1n) is 10.6. The quantitative estimate of drug-likeness (QED) is 0.631. The normalized spacial score (nSPS) is 21.5. The Morgan fingerprint density at radius 1 is 0.906 bits per heavy atom. The van der Waals surface area contributed by atoms with E-state index in [-0.39, 0.29) is 37.0 Å². The summed E-state index contributed by atoms with van der Waals surface area (Å²) in [6.45, 7) is 3.09. The van der Waals surface area contributed by atoms with Crippen molar-refractivity contribution in [2.45, 2.75) is 41.3 Å². The molecule has 2 saturated heterocycles. The second-order valence-corrected chi connectivity index (χ2v) is 13.1. The second kappa shape index (κ2) is 9.22. The lowest BCUT2D eigenvalue weighted by Crippen LogP contribution is -2.57. The molecule has 1 amide bonds. The van der Waals surface area contributed by atoms with Crippen LogP contribution in [0.2, 0.25) is 0 Å². The average molecular weight is 498 g/mol. The molecule has 4 rings (SSSR count). The number of carbonyl (C=O) groups is 1. The Morgan fingerprint density at radius 3 is 2.22 bits per heavy atom. The molecule has 0 N–H and O–H groups in total. The molecule has 3 heterocycles. The van der Waals surface area contributed by atoms with E-state index in [1.165, 1.54) is 19.9 Å². The van der Waals surface area contributed by atoms with Gasteiger partial charge in [0, 0.05) is 32.7 Å². The third kappa shape index (κ3) is 4.49. The van der Waals surface area contributed by atoms with Crippen LogP contribution < -0.4 is 0 Å². The molecule has 2 aliphatic rings. The van der Waals surface area contributed by atoms with Crippen molar-refractivity contribution in [1.82, 2.24) is 13.5 Å². The van der Waals surface area contributed by atoms with Gasteiger partial charge >= 0.3 is 0 Å². The molecule has 1 aromatic heterocycles. The van der Waals surface area contributed by atoms with Gasteiger partial charge < -0.3 is 4.90 Å². The number of benzene rings is 1. The largest absolute Gasteiger partial charge is 0.339 e. The zero-order valence-corrected chi connectivity index (χ0v) is 20.3. The molecule has 1 aromatic carbocycles. The number of piperazine rings is 1. The van der Waals surface area contributed by atoms with Crippen LogP contribution in [0.4, 0.5) is 0 Å². The van der Waals surface area contributed by atoms with Gasteiger partial charge in [-0.3, -0.25) is 4.79 Å². The van der Waals surface area contributed by atoms with Crippen LogP contribution in [-0.2, 0) is 24.8 Å². The van der Waals surface area contributed by atoms with Crippen LogP contribution in [0.5, 0.6) is 0 Å². The van der Waals surface area contributed by atoms with E-state index >= 15 is 0 Å². The van der Waals surface area contributed by atoms with Crippen molar-refractivity contribution in [2.24, 2.45) is 0 Å². The van der Waals surface area contributed by atoms with Gasteiger partial charge in [-0.05, 0) is 43.3 Å². The van der Waals surface area contributed by atoms with Crippen LogP contribution >= 0.6 is 11.3 Å². The fraction of sp³-hybridized carbons (Fsp3) is 0.476.